The average molecular weight is 309 g/mol. The Kier molecular flexibility index (Phi) is 4.11. The Morgan fingerprint density at radius 1 is 1.35 bits per heavy atom. The molecule has 3 N–H and O–H groups in total. The van der Waals surface area contributed by atoms with E-state index in [9.17, 15) is 9.59 Å². The monoisotopic (exact) mass is 308 g/mol. The van der Waals surface area contributed by atoms with Gasteiger partial charge >= 0.3 is 0 Å². The second kappa shape index (κ2) is 5.64. The summed E-state index contributed by atoms with van der Waals surface area (Å²) in [5.74, 6) is -1.00. The summed E-state index contributed by atoms with van der Waals surface area (Å²) in [6, 6.07) is 8.38. The molecule has 0 bridgehead atoms. The maximum absolute atomic E-state index is 12.1. The van der Waals surface area contributed by atoms with E-state index in [1.54, 1.807) is 48.0 Å². The number of nitrogens with one attached hydrogen (secondary N) is 1. The Morgan fingerprint density at radius 2 is 2.10 bits per heavy atom. The van der Waals surface area contributed by atoms with Crippen LogP contribution in [0.2, 0.25) is 5.02 Å². The highest BCUT2D eigenvalue weighted by molar-refractivity contribution is 7.08. The maximum atomic E-state index is 12.1. The summed E-state index contributed by atoms with van der Waals surface area (Å²) in [6.07, 6.45) is 0. The van der Waals surface area contributed by atoms with Crippen LogP contribution >= 0.6 is 22.9 Å². The van der Waals surface area contributed by atoms with Gasteiger partial charge in [-0.05, 0) is 36.1 Å². The molecular weight excluding hydrogens is 296 g/mol. The summed E-state index contributed by atoms with van der Waals surface area (Å²) < 4.78 is 0. The van der Waals surface area contributed by atoms with Gasteiger partial charge in [0.15, 0.2) is 0 Å². The summed E-state index contributed by atoms with van der Waals surface area (Å²) in [4.78, 5) is 23.9. The predicted octanol–water partition coefficient (Wildman–Crippen LogP) is 2.53. The molecule has 0 aliphatic rings. The third kappa shape index (κ3) is 2.84. The van der Waals surface area contributed by atoms with Crippen molar-refractivity contribution in [2.75, 3.05) is 0 Å². The smallest absolute Gasteiger partial charge is 0.253 e. The highest BCUT2D eigenvalue weighted by atomic mass is 35.5. The van der Waals surface area contributed by atoms with E-state index in [0.717, 1.165) is 0 Å². The van der Waals surface area contributed by atoms with Gasteiger partial charge in [-0.1, -0.05) is 23.7 Å². The minimum absolute atomic E-state index is 0.354. The van der Waals surface area contributed by atoms with Crippen LogP contribution in [0.1, 0.15) is 22.8 Å². The van der Waals surface area contributed by atoms with Gasteiger partial charge in [-0.2, -0.15) is 11.3 Å². The lowest BCUT2D eigenvalue weighted by Gasteiger charge is -2.28. The van der Waals surface area contributed by atoms with Gasteiger partial charge in [-0.25, -0.2) is 0 Å². The van der Waals surface area contributed by atoms with E-state index in [4.69, 9.17) is 17.3 Å². The number of primary amides is 1. The van der Waals surface area contributed by atoms with Crippen molar-refractivity contribution in [2.24, 2.45) is 5.73 Å². The van der Waals surface area contributed by atoms with Gasteiger partial charge in [0.2, 0.25) is 5.91 Å². The van der Waals surface area contributed by atoms with Crippen LogP contribution in [0.25, 0.3) is 0 Å². The van der Waals surface area contributed by atoms with Crippen LogP contribution in [0, 0.1) is 0 Å². The van der Waals surface area contributed by atoms with Crippen LogP contribution < -0.4 is 11.1 Å². The second-order valence-electron chi connectivity index (χ2n) is 4.47. The molecule has 0 aliphatic carbocycles. The summed E-state index contributed by atoms with van der Waals surface area (Å²) in [6.45, 7) is 1.56. The fourth-order valence-corrected chi connectivity index (χ4v) is 2.59. The quantitative estimate of drug-likeness (QED) is 0.911. The van der Waals surface area contributed by atoms with Crippen molar-refractivity contribution in [3.63, 3.8) is 0 Å². The van der Waals surface area contributed by atoms with Crippen molar-refractivity contribution in [3.05, 3.63) is 57.2 Å². The summed E-state index contributed by atoms with van der Waals surface area (Å²) in [5.41, 5.74) is 5.18. The Bertz CT molecular complexity index is 642. The minimum Gasteiger partial charge on any atom is -0.367 e. The number of thiophene rings is 1. The summed E-state index contributed by atoms with van der Waals surface area (Å²) >= 11 is 7.33. The third-order valence-corrected chi connectivity index (χ3v) is 3.96. The van der Waals surface area contributed by atoms with Crippen molar-refractivity contribution in [1.82, 2.24) is 5.32 Å². The van der Waals surface area contributed by atoms with Crippen molar-refractivity contribution in [2.45, 2.75) is 12.5 Å². The van der Waals surface area contributed by atoms with Gasteiger partial charge < -0.3 is 11.1 Å². The lowest BCUT2D eigenvalue weighted by molar-refractivity contribution is -0.123. The zero-order valence-corrected chi connectivity index (χ0v) is 12.3. The molecule has 1 heterocycles. The SMILES string of the molecule is C[C@](NC(=O)c1ccsc1)(C(N)=O)c1cccc(Cl)c1. The number of carbonyl (C=O) groups excluding carboxylic acids is 2. The van der Waals surface area contributed by atoms with E-state index in [2.05, 4.69) is 5.32 Å². The highest BCUT2D eigenvalue weighted by Gasteiger charge is 2.35. The van der Waals surface area contributed by atoms with Crippen molar-refractivity contribution >= 4 is 34.8 Å². The first kappa shape index (κ1) is 14.6. The number of benzene rings is 1. The number of amides is 2. The van der Waals surface area contributed by atoms with Crippen molar-refractivity contribution in [3.8, 4) is 0 Å². The Hall–Kier alpha value is -1.85. The molecule has 0 fully saturated rings. The number of carbonyl (C=O) groups is 2. The van der Waals surface area contributed by atoms with Gasteiger partial charge in [0.25, 0.3) is 5.91 Å². The largest absolute Gasteiger partial charge is 0.367 e. The maximum Gasteiger partial charge on any atom is 0.253 e. The number of hydrogen-bond donors (Lipinski definition) is 2. The van der Waals surface area contributed by atoms with E-state index >= 15 is 0 Å². The molecule has 2 amide bonds. The minimum atomic E-state index is -1.32. The molecule has 0 spiro atoms. The fourth-order valence-electron chi connectivity index (χ4n) is 1.77. The van der Waals surface area contributed by atoms with Crippen LogP contribution in [-0.4, -0.2) is 11.8 Å². The first-order chi connectivity index (χ1) is 9.43. The van der Waals surface area contributed by atoms with Crippen LogP contribution in [0.3, 0.4) is 0 Å². The van der Waals surface area contributed by atoms with Gasteiger partial charge in [0.1, 0.15) is 5.54 Å². The normalized spacial score (nSPS) is 13.5. The van der Waals surface area contributed by atoms with Crippen LogP contribution in [0.5, 0.6) is 0 Å². The van der Waals surface area contributed by atoms with Crippen LogP contribution in [0.15, 0.2) is 41.1 Å². The molecule has 2 rings (SSSR count). The molecule has 0 aliphatic heterocycles. The lowest BCUT2D eigenvalue weighted by atomic mass is 9.91. The molecule has 0 saturated heterocycles. The lowest BCUT2D eigenvalue weighted by Crippen LogP contribution is -2.52. The first-order valence-electron chi connectivity index (χ1n) is 5.84. The zero-order chi connectivity index (χ0) is 14.8. The standard InChI is InChI=1S/C14H13ClN2O2S/c1-14(13(16)19,10-3-2-4-11(15)7-10)17-12(18)9-5-6-20-8-9/h2-8H,1H3,(H2,16,19)(H,17,18)/t14-/m1/s1. The molecule has 1 aromatic carbocycles. The van der Waals surface area contributed by atoms with Crippen LogP contribution in [0.4, 0.5) is 0 Å². The number of rotatable bonds is 4. The Labute approximate surface area is 125 Å². The highest BCUT2D eigenvalue weighted by Crippen LogP contribution is 2.24. The van der Waals surface area contributed by atoms with Gasteiger partial charge in [-0.3, -0.25) is 9.59 Å². The average Bonchev–Trinajstić information content (AvgIpc) is 2.92. The fraction of sp³-hybridized carbons (Fsp3) is 0.143. The molecule has 104 valence electrons. The molecule has 0 unspecified atom stereocenters. The Balaban J connectivity index is 2.35. The first-order valence-corrected chi connectivity index (χ1v) is 7.16. The van der Waals surface area contributed by atoms with Crippen LogP contribution in [-0.2, 0) is 10.3 Å². The Morgan fingerprint density at radius 3 is 2.65 bits per heavy atom. The van der Waals surface area contributed by atoms with E-state index in [1.165, 1.54) is 11.3 Å². The molecule has 2 aromatic rings. The van der Waals surface area contributed by atoms with Gasteiger partial charge in [0.05, 0.1) is 5.56 Å². The molecule has 1 aromatic heterocycles. The molecule has 6 heteroatoms. The van der Waals surface area contributed by atoms with E-state index in [0.29, 0.717) is 16.1 Å². The third-order valence-electron chi connectivity index (χ3n) is 3.04. The van der Waals surface area contributed by atoms with Crippen molar-refractivity contribution in [1.29, 1.82) is 0 Å². The van der Waals surface area contributed by atoms with E-state index in [-0.39, 0.29) is 5.91 Å². The number of hydrogen-bond acceptors (Lipinski definition) is 3. The zero-order valence-electron chi connectivity index (χ0n) is 10.7. The van der Waals surface area contributed by atoms with Gasteiger partial charge in [-0.15, -0.1) is 0 Å². The molecule has 4 nitrogen and oxygen atoms in total. The molecule has 20 heavy (non-hydrogen) atoms. The summed E-state index contributed by atoms with van der Waals surface area (Å²) in [5, 5.41) is 6.64. The predicted molar refractivity (Wildman–Crippen MR) is 79.8 cm³/mol. The van der Waals surface area contributed by atoms with E-state index < -0.39 is 11.4 Å². The number of nitrogens with two attached hydrogens (primary N) is 1. The molecule has 0 saturated carbocycles. The second-order valence-corrected chi connectivity index (χ2v) is 5.68. The molecular formula is C14H13ClN2O2S. The van der Waals surface area contributed by atoms with Gasteiger partial charge in [0, 0.05) is 10.4 Å². The molecule has 0 radical (unpaired) electrons. The topological polar surface area (TPSA) is 72.2 Å². The van der Waals surface area contributed by atoms with E-state index in [1.807, 2.05) is 0 Å². The van der Waals surface area contributed by atoms with Crippen molar-refractivity contribution < 1.29 is 9.59 Å². The number of halogens is 1. The molecule has 1 atom stereocenters. The summed E-state index contributed by atoms with van der Waals surface area (Å²) in [7, 11) is 0.